The number of nitrogens with zero attached hydrogens (tertiary/aromatic N) is 2. The lowest BCUT2D eigenvalue weighted by Crippen LogP contribution is -2.74. The van der Waals surface area contributed by atoms with Crippen LogP contribution < -0.4 is 25.6 Å². The fraction of sp³-hybridized carbons (Fsp3) is 0.156. The Labute approximate surface area is 394 Å². The Morgan fingerprint density at radius 1 is 0.358 bits per heavy atom. The second kappa shape index (κ2) is 15.2. The molecule has 67 heavy (non-hydrogen) atoms. The average Bonchev–Trinajstić information content (AvgIpc) is 3.73. The summed E-state index contributed by atoms with van der Waals surface area (Å²) in [5.41, 5.74) is 13.0. The van der Waals surface area contributed by atoms with Crippen molar-refractivity contribution >= 4 is 67.7 Å². The molecule has 1 spiro atoms. The van der Waals surface area contributed by atoms with Crippen LogP contribution in [0.15, 0.2) is 231 Å². The lowest BCUT2D eigenvalue weighted by Gasteiger charge is -2.64. The molecule has 2 nitrogen and oxygen atoms in total. The van der Waals surface area contributed by atoms with Crippen LogP contribution in [0.2, 0.25) is 0 Å². The van der Waals surface area contributed by atoms with Crippen LogP contribution in [0, 0.1) is 23.7 Å². The van der Waals surface area contributed by atoms with Crippen molar-refractivity contribution in [1.29, 1.82) is 0 Å². The predicted octanol–water partition coefficient (Wildman–Crippen LogP) is 13.4. The summed E-state index contributed by atoms with van der Waals surface area (Å²) >= 11 is 0. The zero-order valence-corrected chi connectivity index (χ0v) is 38.7. The van der Waals surface area contributed by atoms with Gasteiger partial charge in [-0.25, -0.2) is 0 Å². The standard InChI is InChI=1S/C64H52N2Si/c1-4-21-49(22-5-1)67(50-23-6-2-7-24-50,51-25-8-3-9-26-51)52-27-18-20-46(43-52)63-61(65-57-32-14-10-28-53(57)54-29-11-15-33-58(54)65)36-19-37-62(63)66-59-34-16-12-30-55(59)64(56-31-13-17-35-60(56)66)47-39-44-38-45(41-47)42-48(64)40-44/h1-37,43-45,47-48H,38-42H2/t44-,45+,47-,48?. The molecule has 15 rings (SSSR count). The Kier molecular flexibility index (Phi) is 8.83. The zero-order valence-electron chi connectivity index (χ0n) is 37.7. The third-order valence-corrected chi connectivity index (χ3v) is 21.7. The molecular formula is C64H52N2Si. The maximum Gasteiger partial charge on any atom is 0.179 e. The Balaban J connectivity index is 1.08. The molecule has 3 heteroatoms. The highest BCUT2D eigenvalue weighted by Crippen LogP contribution is 2.69. The molecule has 4 aliphatic carbocycles. The molecule has 4 bridgehead atoms. The minimum atomic E-state index is -2.87. The summed E-state index contributed by atoms with van der Waals surface area (Å²) in [6.07, 6.45) is 6.86. The quantitative estimate of drug-likeness (QED) is 0.114. The van der Waals surface area contributed by atoms with Crippen LogP contribution in [0.3, 0.4) is 0 Å². The van der Waals surface area contributed by atoms with Gasteiger partial charge in [0.15, 0.2) is 8.07 Å². The molecule has 1 aromatic heterocycles. The van der Waals surface area contributed by atoms with Gasteiger partial charge in [-0.3, -0.25) is 0 Å². The van der Waals surface area contributed by atoms with Gasteiger partial charge in [-0.05, 0) is 130 Å². The van der Waals surface area contributed by atoms with Gasteiger partial charge < -0.3 is 9.47 Å². The van der Waals surface area contributed by atoms with E-state index in [0.717, 1.165) is 11.8 Å². The number of hydrogen-bond acceptors (Lipinski definition) is 1. The number of anilines is 3. The summed E-state index contributed by atoms with van der Waals surface area (Å²) in [4.78, 5) is 2.68. The molecule has 0 amide bonds. The van der Waals surface area contributed by atoms with E-state index in [0.29, 0.717) is 11.8 Å². The van der Waals surface area contributed by atoms with Crippen molar-refractivity contribution in [3.63, 3.8) is 0 Å². The summed E-state index contributed by atoms with van der Waals surface area (Å²) in [5, 5.41) is 8.03. The molecule has 9 aromatic carbocycles. The minimum absolute atomic E-state index is 0.0217. The van der Waals surface area contributed by atoms with Gasteiger partial charge in [0.1, 0.15) is 0 Å². The highest BCUT2D eigenvalue weighted by atomic mass is 28.3. The van der Waals surface area contributed by atoms with E-state index in [1.807, 2.05) is 0 Å². The number of benzene rings is 9. The van der Waals surface area contributed by atoms with Crippen molar-refractivity contribution in [2.24, 2.45) is 23.7 Å². The monoisotopic (exact) mass is 876 g/mol. The van der Waals surface area contributed by atoms with Crippen molar-refractivity contribution in [2.75, 3.05) is 4.90 Å². The molecule has 4 saturated carbocycles. The average molecular weight is 877 g/mol. The van der Waals surface area contributed by atoms with E-state index >= 15 is 0 Å². The van der Waals surface area contributed by atoms with Gasteiger partial charge in [0.05, 0.1) is 33.8 Å². The molecule has 322 valence electrons. The second-order valence-electron chi connectivity index (χ2n) is 20.0. The lowest BCUT2D eigenvalue weighted by atomic mass is 9.41. The first-order chi connectivity index (χ1) is 33.2. The van der Waals surface area contributed by atoms with E-state index in [4.69, 9.17) is 0 Å². The highest BCUT2D eigenvalue weighted by molar-refractivity contribution is 7.19. The molecule has 0 N–H and O–H groups in total. The zero-order chi connectivity index (χ0) is 44.1. The molecule has 1 aliphatic heterocycles. The Bertz CT molecular complexity index is 3270. The predicted molar refractivity (Wildman–Crippen MR) is 282 cm³/mol. The van der Waals surface area contributed by atoms with Crippen LogP contribution in [-0.4, -0.2) is 12.6 Å². The van der Waals surface area contributed by atoms with E-state index in [-0.39, 0.29) is 5.41 Å². The van der Waals surface area contributed by atoms with Gasteiger partial charge in [0.2, 0.25) is 0 Å². The van der Waals surface area contributed by atoms with Gasteiger partial charge in [0.25, 0.3) is 0 Å². The van der Waals surface area contributed by atoms with Crippen LogP contribution in [0.1, 0.15) is 43.2 Å². The van der Waals surface area contributed by atoms with Gasteiger partial charge in [-0.2, -0.15) is 0 Å². The first-order valence-electron chi connectivity index (χ1n) is 24.6. The summed E-state index contributed by atoms with van der Waals surface area (Å²) in [7, 11) is -2.87. The first kappa shape index (κ1) is 39.0. The maximum atomic E-state index is 2.68. The van der Waals surface area contributed by atoms with Crippen LogP contribution >= 0.6 is 0 Å². The van der Waals surface area contributed by atoms with E-state index in [1.165, 1.54) is 120 Å². The molecule has 10 aromatic rings. The van der Waals surface area contributed by atoms with Crippen molar-refractivity contribution in [3.8, 4) is 16.8 Å². The fourth-order valence-corrected chi connectivity index (χ4v) is 19.5. The molecule has 0 unspecified atom stereocenters. The van der Waals surface area contributed by atoms with Gasteiger partial charge in [-0.15, -0.1) is 0 Å². The van der Waals surface area contributed by atoms with Gasteiger partial charge in [0, 0.05) is 21.8 Å². The molecule has 0 radical (unpaired) electrons. The normalized spacial score (nSPS) is 20.0. The van der Waals surface area contributed by atoms with E-state index in [9.17, 15) is 0 Å². The Morgan fingerprint density at radius 2 is 0.776 bits per heavy atom. The van der Waals surface area contributed by atoms with Crippen LogP contribution in [-0.2, 0) is 5.41 Å². The maximum absolute atomic E-state index is 2.87. The van der Waals surface area contributed by atoms with E-state index in [1.54, 1.807) is 0 Å². The SMILES string of the molecule is c1ccc([Si](c2ccccc2)(c2ccccc2)c2cccc(-c3c(N4c5ccccc5C5(c6ccccc64)C4C[C@H]6C[C@@H](C4)C[C@@H]5C6)cccc3-n3c4ccccc4c4ccccc43)c2)cc1. The Hall–Kier alpha value is -7.20. The second-order valence-corrected chi connectivity index (χ2v) is 23.8. The van der Waals surface area contributed by atoms with Crippen molar-refractivity contribution < 1.29 is 0 Å². The Morgan fingerprint density at radius 3 is 1.31 bits per heavy atom. The molecule has 2 heterocycles. The van der Waals surface area contributed by atoms with Crippen LogP contribution in [0.25, 0.3) is 38.6 Å². The van der Waals surface area contributed by atoms with E-state index in [2.05, 4.69) is 240 Å². The van der Waals surface area contributed by atoms with Crippen molar-refractivity contribution in [2.45, 2.75) is 37.5 Å². The van der Waals surface area contributed by atoms with Crippen molar-refractivity contribution in [1.82, 2.24) is 4.57 Å². The minimum Gasteiger partial charge on any atom is -0.309 e. The van der Waals surface area contributed by atoms with Crippen molar-refractivity contribution in [3.05, 3.63) is 242 Å². The summed E-state index contributed by atoms with van der Waals surface area (Å²) in [5.74, 6) is 3.09. The number of fused-ring (bicyclic) bond motifs is 5. The van der Waals surface area contributed by atoms with E-state index < -0.39 is 8.07 Å². The van der Waals surface area contributed by atoms with Gasteiger partial charge >= 0.3 is 0 Å². The molecule has 4 fully saturated rings. The first-order valence-corrected chi connectivity index (χ1v) is 26.6. The number of aromatic nitrogens is 1. The molecule has 5 aliphatic rings. The number of hydrogen-bond donors (Lipinski definition) is 0. The summed E-state index contributed by atoms with van der Waals surface area (Å²) in [6.45, 7) is 0. The lowest BCUT2D eigenvalue weighted by molar-refractivity contribution is -0.0419. The third-order valence-electron chi connectivity index (χ3n) is 16.9. The summed E-state index contributed by atoms with van der Waals surface area (Å²) in [6, 6.07) is 88.1. The number of para-hydroxylation sites is 4. The van der Waals surface area contributed by atoms with Crippen LogP contribution in [0.4, 0.5) is 17.1 Å². The topological polar surface area (TPSA) is 8.17 Å². The molecule has 0 saturated heterocycles. The summed E-state index contributed by atoms with van der Waals surface area (Å²) < 4.78 is 2.55. The highest BCUT2D eigenvalue weighted by Gasteiger charge is 2.61. The molecule has 0 atom stereocenters. The largest absolute Gasteiger partial charge is 0.309 e. The smallest absolute Gasteiger partial charge is 0.179 e. The van der Waals surface area contributed by atoms with Crippen LogP contribution in [0.5, 0.6) is 0 Å². The van der Waals surface area contributed by atoms with Gasteiger partial charge in [-0.1, -0.05) is 194 Å². The fourth-order valence-electron chi connectivity index (χ4n) is 14.7. The third kappa shape index (κ3) is 5.55. The molecular weight excluding hydrogens is 825 g/mol. The number of rotatable bonds is 7.